The van der Waals surface area contributed by atoms with Crippen LogP contribution in [0.1, 0.15) is 43.7 Å². The van der Waals surface area contributed by atoms with Crippen LogP contribution in [-0.4, -0.2) is 50.9 Å². The summed E-state index contributed by atoms with van der Waals surface area (Å²) in [4.78, 5) is 28.3. The lowest BCUT2D eigenvalue weighted by atomic mass is 10.1. The summed E-state index contributed by atoms with van der Waals surface area (Å²) in [5.74, 6) is -0.672. The summed E-state index contributed by atoms with van der Waals surface area (Å²) >= 11 is 6.29. The monoisotopic (exact) mass is 651 g/mol. The van der Waals surface area contributed by atoms with Crippen molar-refractivity contribution in [2.75, 3.05) is 18.0 Å². The third-order valence-electron chi connectivity index (χ3n) is 7.53. The van der Waals surface area contributed by atoms with Crippen LogP contribution in [0.2, 0.25) is 5.02 Å². The van der Waals surface area contributed by atoms with Crippen molar-refractivity contribution in [3.63, 3.8) is 0 Å². The van der Waals surface area contributed by atoms with Gasteiger partial charge in [-0.15, -0.1) is 0 Å². The highest BCUT2D eigenvalue weighted by atomic mass is 35.5. The second-order valence-corrected chi connectivity index (χ2v) is 12.8. The number of halogens is 4. The summed E-state index contributed by atoms with van der Waals surface area (Å²) in [5.41, 5.74) is -1.04. The van der Waals surface area contributed by atoms with Crippen LogP contribution >= 0.6 is 11.6 Å². The van der Waals surface area contributed by atoms with Gasteiger partial charge >= 0.3 is 6.18 Å². The fourth-order valence-electron chi connectivity index (χ4n) is 5.02. The average molecular weight is 652 g/mol. The predicted molar refractivity (Wildman–Crippen MR) is 161 cm³/mol. The van der Waals surface area contributed by atoms with Gasteiger partial charge in [-0.05, 0) is 67.8 Å². The lowest BCUT2D eigenvalue weighted by Gasteiger charge is -2.33. The fraction of sp³-hybridized carbons (Fsp3) is 0.355. The fourth-order valence-corrected chi connectivity index (χ4v) is 6.73. The maximum Gasteiger partial charge on any atom is 0.416 e. The lowest BCUT2D eigenvalue weighted by Crippen LogP contribution is -2.52. The number of carbonyl (C=O) groups excluding carboxylic acids is 2. The van der Waals surface area contributed by atoms with Gasteiger partial charge in [0.1, 0.15) is 18.3 Å². The van der Waals surface area contributed by atoms with Crippen LogP contribution in [0.3, 0.4) is 0 Å². The van der Waals surface area contributed by atoms with E-state index in [0.717, 1.165) is 37.8 Å². The molecule has 4 rings (SSSR count). The van der Waals surface area contributed by atoms with Crippen LogP contribution in [-0.2, 0) is 32.3 Å². The number of alkyl halides is 3. The molecule has 2 amide bonds. The zero-order chi connectivity index (χ0) is 32.1. The summed E-state index contributed by atoms with van der Waals surface area (Å²) in [6.45, 7) is 0.520. The first-order chi connectivity index (χ1) is 20.8. The number of amides is 2. The molecular formula is C31H33ClF3N3O5S. The Morgan fingerprint density at radius 3 is 2.25 bits per heavy atom. The third kappa shape index (κ3) is 7.84. The Labute approximate surface area is 259 Å². The van der Waals surface area contributed by atoms with E-state index in [9.17, 15) is 31.2 Å². The minimum absolute atomic E-state index is 0.0400. The van der Waals surface area contributed by atoms with E-state index >= 15 is 0 Å². The van der Waals surface area contributed by atoms with E-state index in [2.05, 4.69) is 5.32 Å². The SMILES string of the molecule is COc1ccc(CN(C(=O)CN(c2cc(C(F)(F)F)ccc2Cl)S(=O)(=O)c2ccccc2)C(C)C(=O)NC2CCCC2)cc1. The van der Waals surface area contributed by atoms with E-state index in [1.54, 1.807) is 30.3 Å². The highest BCUT2D eigenvalue weighted by Gasteiger charge is 2.36. The van der Waals surface area contributed by atoms with Gasteiger partial charge in [-0.2, -0.15) is 13.2 Å². The molecule has 0 radical (unpaired) electrons. The first kappa shape index (κ1) is 33.1. The Morgan fingerprint density at radius 2 is 1.66 bits per heavy atom. The second-order valence-electron chi connectivity index (χ2n) is 10.5. The van der Waals surface area contributed by atoms with Crippen molar-refractivity contribution < 1.29 is 35.9 Å². The number of rotatable bonds is 11. The molecule has 0 saturated heterocycles. The number of hydrogen-bond acceptors (Lipinski definition) is 5. The van der Waals surface area contributed by atoms with Crippen molar-refractivity contribution >= 4 is 39.1 Å². The molecule has 236 valence electrons. The number of benzene rings is 3. The molecule has 0 heterocycles. The van der Waals surface area contributed by atoms with Crippen LogP contribution in [0.25, 0.3) is 0 Å². The van der Waals surface area contributed by atoms with E-state index in [0.29, 0.717) is 21.7 Å². The molecular weight excluding hydrogens is 619 g/mol. The standard InChI is InChI=1S/C31H33ClF3N3O5S/c1-21(30(40)36-24-8-6-7-9-24)37(19-22-12-15-25(43-2)16-13-22)29(39)20-38(44(41,42)26-10-4-3-5-11-26)28-18-23(31(33,34)35)14-17-27(28)32/h3-5,10-18,21,24H,6-9,19-20H2,1-2H3,(H,36,40). The molecule has 1 aliphatic rings. The van der Waals surface area contributed by atoms with Crippen molar-refractivity contribution in [1.29, 1.82) is 0 Å². The van der Waals surface area contributed by atoms with Crippen molar-refractivity contribution in [1.82, 2.24) is 10.2 Å². The van der Waals surface area contributed by atoms with Gasteiger partial charge in [0.25, 0.3) is 10.0 Å². The topological polar surface area (TPSA) is 96.0 Å². The van der Waals surface area contributed by atoms with E-state index in [4.69, 9.17) is 16.3 Å². The second kappa shape index (κ2) is 13.9. The maximum atomic E-state index is 14.1. The van der Waals surface area contributed by atoms with Crippen LogP contribution in [0, 0.1) is 0 Å². The van der Waals surface area contributed by atoms with Gasteiger partial charge in [0.05, 0.1) is 28.3 Å². The molecule has 0 spiro atoms. The van der Waals surface area contributed by atoms with Crippen molar-refractivity contribution in [3.05, 3.63) is 88.9 Å². The van der Waals surface area contributed by atoms with Gasteiger partial charge < -0.3 is 15.0 Å². The Kier molecular flexibility index (Phi) is 10.5. The Bertz CT molecular complexity index is 1560. The molecule has 0 aliphatic heterocycles. The molecule has 0 aromatic heterocycles. The smallest absolute Gasteiger partial charge is 0.416 e. The molecule has 1 N–H and O–H groups in total. The minimum atomic E-state index is -4.81. The van der Waals surface area contributed by atoms with Gasteiger partial charge in [-0.1, -0.05) is 54.8 Å². The molecule has 13 heteroatoms. The van der Waals surface area contributed by atoms with Crippen LogP contribution in [0.5, 0.6) is 5.75 Å². The third-order valence-corrected chi connectivity index (χ3v) is 9.63. The Balaban J connectivity index is 1.75. The summed E-state index contributed by atoms with van der Waals surface area (Å²) in [6.07, 6.45) is -1.25. The van der Waals surface area contributed by atoms with E-state index in [1.807, 2.05) is 0 Å². The normalized spacial score (nSPS) is 14.6. The van der Waals surface area contributed by atoms with Gasteiger partial charge in [0.2, 0.25) is 11.8 Å². The van der Waals surface area contributed by atoms with Crippen LogP contribution in [0.15, 0.2) is 77.7 Å². The highest BCUT2D eigenvalue weighted by molar-refractivity contribution is 7.92. The number of anilines is 1. The van der Waals surface area contributed by atoms with Gasteiger partial charge in [-0.25, -0.2) is 8.42 Å². The average Bonchev–Trinajstić information content (AvgIpc) is 3.51. The summed E-state index contributed by atoms with van der Waals surface area (Å²) < 4.78 is 74.6. The summed E-state index contributed by atoms with van der Waals surface area (Å²) in [6, 6.07) is 14.9. The Hall–Kier alpha value is -3.77. The molecule has 3 aromatic carbocycles. The van der Waals surface area contributed by atoms with Crippen molar-refractivity contribution in [2.24, 2.45) is 0 Å². The predicted octanol–water partition coefficient (Wildman–Crippen LogP) is 6.04. The van der Waals surface area contributed by atoms with Crippen molar-refractivity contribution in [3.8, 4) is 5.75 Å². The largest absolute Gasteiger partial charge is 0.497 e. The molecule has 1 atom stereocenters. The van der Waals surface area contributed by atoms with E-state index in [1.165, 1.54) is 43.2 Å². The number of carbonyl (C=O) groups is 2. The zero-order valence-corrected chi connectivity index (χ0v) is 25.8. The maximum absolute atomic E-state index is 14.1. The number of sulfonamides is 1. The number of nitrogens with zero attached hydrogens (tertiary/aromatic N) is 2. The van der Waals surface area contributed by atoms with E-state index in [-0.39, 0.29) is 22.5 Å². The zero-order valence-electron chi connectivity index (χ0n) is 24.2. The van der Waals surface area contributed by atoms with Gasteiger partial charge in [0, 0.05) is 12.6 Å². The molecule has 8 nitrogen and oxygen atoms in total. The summed E-state index contributed by atoms with van der Waals surface area (Å²) in [7, 11) is -3.10. The summed E-state index contributed by atoms with van der Waals surface area (Å²) in [5, 5.41) is 2.66. The number of nitrogens with one attached hydrogen (secondary N) is 1. The first-order valence-corrected chi connectivity index (χ1v) is 15.8. The molecule has 0 bridgehead atoms. The van der Waals surface area contributed by atoms with E-state index < -0.39 is 51.9 Å². The van der Waals surface area contributed by atoms with Crippen LogP contribution in [0.4, 0.5) is 18.9 Å². The minimum Gasteiger partial charge on any atom is -0.497 e. The number of ether oxygens (including phenoxy) is 1. The van der Waals surface area contributed by atoms with Crippen molar-refractivity contribution in [2.45, 2.75) is 62.3 Å². The molecule has 44 heavy (non-hydrogen) atoms. The molecule has 1 fully saturated rings. The lowest BCUT2D eigenvalue weighted by molar-refractivity contribution is -0.139. The number of methoxy groups -OCH3 is 1. The van der Waals surface area contributed by atoms with Gasteiger partial charge in [-0.3, -0.25) is 13.9 Å². The molecule has 1 saturated carbocycles. The molecule has 1 aliphatic carbocycles. The Morgan fingerprint density at radius 1 is 1.02 bits per heavy atom. The first-order valence-electron chi connectivity index (χ1n) is 14.0. The van der Waals surface area contributed by atoms with Crippen LogP contribution < -0.4 is 14.4 Å². The number of hydrogen-bond donors (Lipinski definition) is 1. The quantitative estimate of drug-likeness (QED) is 0.273. The van der Waals surface area contributed by atoms with Gasteiger partial charge in [0.15, 0.2) is 0 Å². The highest BCUT2D eigenvalue weighted by Crippen LogP contribution is 2.37. The molecule has 1 unspecified atom stereocenters. The molecule has 3 aromatic rings.